The first kappa shape index (κ1) is 14.3. The molecule has 2 N–H and O–H groups in total. The highest BCUT2D eigenvalue weighted by Gasteiger charge is 2.25. The van der Waals surface area contributed by atoms with Crippen LogP contribution in [0.5, 0.6) is 0 Å². The minimum absolute atomic E-state index is 0.326. The SMILES string of the molecule is CC1CN(C)CCN1c1nc(N)nc(N2CCCCC2)n1. The van der Waals surface area contributed by atoms with Crippen LogP contribution in [0.3, 0.4) is 0 Å². The van der Waals surface area contributed by atoms with Crippen molar-refractivity contribution in [1.29, 1.82) is 0 Å². The van der Waals surface area contributed by atoms with Crippen LogP contribution in [0.1, 0.15) is 26.2 Å². The lowest BCUT2D eigenvalue weighted by atomic mass is 10.1. The molecule has 1 atom stereocenters. The maximum atomic E-state index is 5.92. The van der Waals surface area contributed by atoms with Crippen molar-refractivity contribution in [3.8, 4) is 0 Å². The molecule has 0 bridgehead atoms. The van der Waals surface area contributed by atoms with Crippen molar-refractivity contribution in [1.82, 2.24) is 19.9 Å². The van der Waals surface area contributed by atoms with Crippen molar-refractivity contribution in [3.05, 3.63) is 0 Å². The summed E-state index contributed by atoms with van der Waals surface area (Å²) in [6.45, 7) is 7.21. The third kappa shape index (κ3) is 3.18. The van der Waals surface area contributed by atoms with Crippen LogP contribution in [0, 0.1) is 0 Å². The fourth-order valence-corrected chi connectivity index (χ4v) is 3.17. The van der Waals surface area contributed by atoms with E-state index < -0.39 is 0 Å². The Morgan fingerprint density at radius 1 is 0.952 bits per heavy atom. The van der Waals surface area contributed by atoms with E-state index in [4.69, 9.17) is 5.73 Å². The number of aromatic nitrogens is 3. The summed E-state index contributed by atoms with van der Waals surface area (Å²) in [6.07, 6.45) is 3.69. The molecule has 116 valence electrons. The summed E-state index contributed by atoms with van der Waals surface area (Å²) in [5.74, 6) is 1.79. The van der Waals surface area contributed by atoms with Crippen LogP contribution in [-0.2, 0) is 0 Å². The minimum Gasteiger partial charge on any atom is -0.368 e. The summed E-state index contributed by atoms with van der Waals surface area (Å²) in [5.41, 5.74) is 5.92. The average molecular weight is 291 g/mol. The number of rotatable bonds is 2. The first-order valence-corrected chi connectivity index (χ1v) is 7.85. The van der Waals surface area contributed by atoms with Crippen LogP contribution in [-0.4, -0.2) is 65.7 Å². The maximum absolute atomic E-state index is 5.92. The fraction of sp³-hybridized carbons (Fsp3) is 0.786. The normalized spacial score (nSPS) is 24.4. The highest BCUT2D eigenvalue weighted by Crippen LogP contribution is 2.21. The molecule has 0 aliphatic carbocycles. The molecule has 1 aromatic heterocycles. The molecule has 0 spiro atoms. The molecule has 1 aromatic rings. The number of anilines is 3. The van der Waals surface area contributed by atoms with Gasteiger partial charge in [-0.25, -0.2) is 0 Å². The van der Waals surface area contributed by atoms with E-state index in [1.54, 1.807) is 0 Å². The van der Waals surface area contributed by atoms with Crippen LogP contribution in [0.2, 0.25) is 0 Å². The van der Waals surface area contributed by atoms with Crippen molar-refractivity contribution in [2.75, 3.05) is 55.3 Å². The zero-order chi connectivity index (χ0) is 14.8. The lowest BCUT2D eigenvalue weighted by molar-refractivity contribution is 0.273. The number of likely N-dealkylation sites (N-methyl/N-ethyl adjacent to an activating group) is 1. The van der Waals surface area contributed by atoms with E-state index in [9.17, 15) is 0 Å². The Labute approximate surface area is 126 Å². The van der Waals surface area contributed by atoms with Crippen molar-refractivity contribution >= 4 is 17.8 Å². The van der Waals surface area contributed by atoms with Crippen molar-refractivity contribution in [2.45, 2.75) is 32.2 Å². The smallest absolute Gasteiger partial charge is 0.232 e. The lowest BCUT2D eigenvalue weighted by Crippen LogP contribution is -2.51. The third-order valence-electron chi connectivity index (χ3n) is 4.36. The van der Waals surface area contributed by atoms with Crippen LogP contribution >= 0.6 is 0 Å². The maximum Gasteiger partial charge on any atom is 0.232 e. The van der Waals surface area contributed by atoms with Gasteiger partial charge >= 0.3 is 0 Å². The largest absolute Gasteiger partial charge is 0.368 e. The van der Waals surface area contributed by atoms with Crippen molar-refractivity contribution in [2.24, 2.45) is 0 Å². The van der Waals surface area contributed by atoms with Gasteiger partial charge < -0.3 is 20.4 Å². The summed E-state index contributed by atoms with van der Waals surface area (Å²) in [5, 5.41) is 0. The molecule has 7 heteroatoms. The minimum atomic E-state index is 0.326. The summed E-state index contributed by atoms with van der Waals surface area (Å²) in [4.78, 5) is 20.2. The first-order chi connectivity index (χ1) is 10.1. The van der Waals surface area contributed by atoms with Crippen molar-refractivity contribution in [3.63, 3.8) is 0 Å². The lowest BCUT2D eigenvalue weighted by Gasteiger charge is -2.38. The zero-order valence-electron chi connectivity index (χ0n) is 13.0. The van der Waals surface area contributed by atoms with E-state index in [2.05, 4.69) is 43.6 Å². The molecule has 0 radical (unpaired) electrons. The number of nitrogen functional groups attached to an aromatic ring is 1. The quantitative estimate of drug-likeness (QED) is 0.854. The Hall–Kier alpha value is -1.63. The second-order valence-electron chi connectivity index (χ2n) is 6.15. The topological polar surface area (TPSA) is 74.4 Å². The number of hydrogen-bond acceptors (Lipinski definition) is 7. The highest BCUT2D eigenvalue weighted by molar-refractivity contribution is 5.44. The Morgan fingerprint density at radius 3 is 2.38 bits per heavy atom. The molecule has 2 aliphatic rings. The number of nitrogens with zero attached hydrogens (tertiary/aromatic N) is 6. The van der Waals surface area contributed by atoms with Gasteiger partial charge in [0, 0.05) is 38.8 Å². The van der Waals surface area contributed by atoms with E-state index in [0.29, 0.717) is 12.0 Å². The number of piperazine rings is 1. The van der Waals surface area contributed by atoms with Gasteiger partial charge in [0.1, 0.15) is 0 Å². The Morgan fingerprint density at radius 2 is 1.67 bits per heavy atom. The Bertz CT molecular complexity index is 486. The second kappa shape index (κ2) is 6.01. The molecule has 2 saturated heterocycles. The Kier molecular flexibility index (Phi) is 4.10. The second-order valence-corrected chi connectivity index (χ2v) is 6.15. The Balaban J connectivity index is 1.83. The molecule has 3 rings (SSSR count). The van der Waals surface area contributed by atoms with E-state index in [-0.39, 0.29) is 0 Å². The third-order valence-corrected chi connectivity index (χ3v) is 4.36. The molecular weight excluding hydrogens is 266 g/mol. The molecule has 21 heavy (non-hydrogen) atoms. The van der Waals surface area contributed by atoms with Crippen LogP contribution in [0.4, 0.5) is 17.8 Å². The number of piperidine rings is 1. The van der Waals surface area contributed by atoms with Crippen molar-refractivity contribution < 1.29 is 0 Å². The van der Waals surface area contributed by atoms with E-state index in [0.717, 1.165) is 44.6 Å². The summed E-state index contributed by atoms with van der Waals surface area (Å²) < 4.78 is 0. The first-order valence-electron chi connectivity index (χ1n) is 7.85. The summed E-state index contributed by atoms with van der Waals surface area (Å²) in [7, 11) is 2.15. The molecule has 2 fully saturated rings. The molecule has 7 nitrogen and oxygen atoms in total. The molecule has 0 saturated carbocycles. The molecule has 2 aliphatic heterocycles. The van der Waals surface area contributed by atoms with Gasteiger partial charge in [-0.15, -0.1) is 0 Å². The standard InChI is InChI=1S/C14H25N7/c1-11-10-19(2)8-9-21(11)14-17-12(15)16-13(18-14)20-6-4-3-5-7-20/h11H,3-10H2,1-2H3,(H2,15,16,17,18). The predicted molar refractivity (Wildman–Crippen MR) is 84.6 cm³/mol. The van der Waals surface area contributed by atoms with Crippen LogP contribution < -0.4 is 15.5 Å². The number of nitrogens with two attached hydrogens (primary N) is 1. The van der Waals surface area contributed by atoms with Crippen LogP contribution in [0.15, 0.2) is 0 Å². The van der Waals surface area contributed by atoms with Gasteiger partial charge in [0.15, 0.2) is 0 Å². The van der Waals surface area contributed by atoms with Gasteiger partial charge in [0.2, 0.25) is 17.8 Å². The summed E-state index contributed by atoms with van der Waals surface area (Å²) in [6, 6.07) is 0.389. The highest BCUT2D eigenvalue weighted by atomic mass is 15.4. The predicted octanol–water partition coefficient (Wildman–Crippen LogP) is 0.584. The van der Waals surface area contributed by atoms with Gasteiger partial charge in [-0.3, -0.25) is 0 Å². The molecule has 1 unspecified atom stereocenters. The fourth-order valence-electron chi connectivity index (χ4n) is 3.17. The van der Waals surface area contributed by atoms with E-state index >= 15 is 0 Å². The van der Waals surface area contributed by atoms with E-state index in [1.807, 2.05) is 0 Å². The molecule has 3 heterocycles. The average Bonchev–Trinajstić information content (AvgIpc) is 2.47. The summed E-state index contributed by atoms with van der Waals surface area (Å²) >= 11 is 0. The number of hydrogen-bond donors (Lipinski definition) is 1. The van der Waals surface area contributed by atoms with Gasteiger partial charge in [-0.2, -0.15) is 15.0 Å². The molecule has 0 amide bonds. The van der Waals surface area contributed by atoms with Gasteiger partial charge in [0.05, 0.1) is 0 Å². The van der Waals surface area contributed by atoms with Gasteiger partial charge in [-0.1, -0.05) is 0 Å². The molecular formula is C14H25N7. The zero-order valence-corrected chi connectivity index (χ0v) is 13.0. The van der Waals surface area contributed by atoms with Gasteiger partial charge in [0.25, 0.3) is 0 Å². The molecule has 0 aromatic carbocycles. The van der Waals surface area contributed by atoms with E-state index in [1.165, 1.54) is 19.3 Å². The van der Waals surface area contributed by atoms with Crippen LogP contribution in [0.25, 0.3) is 0 Å². The monoisotopic (exact) mass is 291 g/mol. The van der Waals surface area contributed by atoms with Gasteiger partial charge in [-0.05, 0) is 33.2 Å².